The highest BCUT2D eigenvalue weighted by Gasteiger charge is 2.17. The van der Waals surface area contributed by atoms with E-state index in [1.54, 1.807) is 0 Å². The second-order valence-electron chi connectivity index (χ2n) is 9.89. The Morgan fingerprint density at radius 2 is 1.83 bits per heavy atom. The maximum Gasteiger partial charge on any atom is 0.276 e. The molecule has 36 heavy (non-hydrogen) atoms. The average Bonchev–Trinajstić information content (AvgIpc) is 3.29. The summed E-state index contributed by atoms with van der Waals surface area (Å²) in [6.07, 6.45) is 3.74. The number of pyridine rings is 1. The number of aromatic nitrogens is 3. The van der Waals surface area contributed by atoms with E-state index in [1.807, 2.05) is 56.8 Å². The van der Waals surface area contributed by atoms with E-state index in [-0.39, 0.29) is 5.91 Å². The van der Waals surface area contributed by atoms with Gasteiger partial charge < -0.3 is 15.1 Å². The molecular weight excluding hydrogens is 450 g/mol. The van der Waals surface area contributed by atoms with Crippen LogP contribution in [0.4, 0.5) is 5.69 Å². The Kier molecular flexibility index (Phi) is 7.09. The van der Waals surface area contributed by atoms with Gasteiger partial charge in [0.1, 0.15) is 0 Å². The minimum absolute atomic E-state index is 0.227. The van der Waals surface area contributed by atoms with Gasteiger partial charge in [0, 0.05) is 68.3 Å². The quantitative estimate of drug-likeness (QED) is 0.417. The van der Waals surface area contributed by atoms with Gasteiger partial charge in [-0.25, -0.2) is 0 Å². The van der Waals surface area contributed by atoms with E-state index in [9.17, 15) is 4.79 Å². The SMILES string of the molecule is CN(C)Cc1cncc(-c2ccc3[nH]nc(C(=O)Nc4cccc(CN5CCN(C)CC5)c4)c3c2)c1. The molecular formula is C28H33N7O. The smallest absolute Gasteiger partial charge is 0.276 e. The van der Waals surface area contributed by atoms with E-state index in [0.29, 0.717) is 5.69 Å². The van der Waals surface area contributed by atoms with E-state index < -0.39 is 0 Å². The zero-order valence-corrected chi connectivity index (χ0v) is 21.2. The first-order chi connectivity index (χ1) is 17.4. The molecule has 1 amide bonds. The van der Waals surface area contributed by atoms with Crippen molar-refractivity contribution in [2.75, 3.05) is 52.6 Å². The first-order valence-corrected chi connectivity index (χ1v) is 12.3. The number of nitrogens with zero attached hydrogens (tertiary/aromatic N) is 5. The van der Waals surface area contributed by atoms with E-state index in [4.69, 9.17) is 0 Å². The monoisotopic (exact) mass is 483 g/mol. The lowest BCUT2D eigenvalue weighted by Crippen LogP contribution is -2.43. The van der Waals surface area contributed by atoms with Crippen LogP contribution in [0.1, 0.15) is 21.6 Å². The molecule has 3 heterocycles. The highest BCUT2D eigenvalue weighted by Crippen LogP contribution is 2.26. The van der Waals surface area contributed by atoms with Crippen molar-refractivity contribution in [3.63, 3.8) is 0 Å². The molecule has 0 unspecified atom stereocenters. The standard InChI is InChI=1S/C28H33N7O/c1-33(2)18-21-13-23(17-29-16-21)22-7-8-26-25(15-22)27(32-31-26)28(36)30-24-6-4-5-20(14-24)19-35-11-9-34(3)10-12-35/h4-8,13-17H,9-12,18-19H2,1-3H3,(H,30,36)(H,31,32). The number of fused-ring (bicyclic) bond motifs is 1. The number of piperazine rings is 1. The third-order valence-corrected chi connectivity index (χ3v) is 6.59. The summed E-state index contributed by atoms with van der Waals surface area (Å²) in [4.78, 5) is 24.6. The lowest BCUT2D eigenvalue weighted by molar-refractivity contribution is 0.102. The Hall–Kier alpha value is -3.59. The Morgan fingerprint density at radius 1 is 1.00 bits per heavy atom. The fourth-order valence-corrected chi connectivity index (χ4v) is 4.67. The molecule has 1 aliphatic rings. The third kappa shape index (κ3) is 5.62. The number of likely N-dealkylation sites (N-methyl/N-ethyl adjacent to an activating group) is 1. The van der Waals surface area contributed by atoms with Crippen molar-refractivity contribution >= 4 is 22.5 Å². The number of H-pyrrole nitrogens is 1. The van der Waals surface area contributed by atoms with Gasteiger partial charge >= 0.3 is 0 Å². The van der Waals surface area contributed by atoms with Crippen LogP contribution in [-0.4, -0.2) is 83.1 Å². The summed E-state index contributed by atoms with van der Waals surface area (Å²) in [7, 11) is 6.24. The minimum Gasteiger partial charge on any atom is -0.321 e. The van der Waals surface area contributed by atoms with Crippen molar-refractivity contribution in [1.82, 2.24) is 29.9 Å². The van der Waals surface area contributed by atoms with Gasteiger partial charge in [-0.15, -0.1) is 0 Å². The number of carbonyl (C=O) groups excluding carboxylic acids is 1. The van der Waals surface area contributed by atoms with Crippen LogP contribution >= 0.6 is 0 Å². The fraction of sp³-hybridized carbons (Fsp3) is 0.321. The van der Waals surface area contributed by atoms with E-state index in [1.165, 1.54) is 5.56 Å². The van der Waals surface area contributed by atoms with Crippen LogP contribution in [0.2, 0.25) is 0 Å². The zero-order valence-electron chi connectivity index (χ0n) is 21.2. The van der Waals surface area contributed by atoms with Crippen LogP contribution in [-0.2, 0) is 13.1 Å². The van der Waals surface area contributed by atoms with Gasteiger partial charge in [0.15, 0.2) is 5.69 Å². The molecule has 1 saturated heterocycles. The number of hydrogen-bond acceptors (Lipinski definition) is 6. The molecule has 5 rings (SSSR count). The van der Waals surface area contributed by atoms with Crippen molar-refractivity contribution in [2.45, 2.75) is 13.1 Å². The normalized spacial score (nSPS) is 15.0. The summed E-state index contributed by atoms with van der Waals surface area (Å²) in [6.45, 7) is 5.98. The Bertz CT molecular complexity index is 1360. The number of anilines is 1. The molecule has 4 aromatic rings. The largest absolute Gasteiger partial charge is 0.321 e. The van der Waals surface area contributed by atoms with E-state index in [0.717, 1.165) is 72.5 Å². The number of carbonyl (C=O) groups is 1. The fourth-order valence-electron chi connectivity index (χ4n) is 4.67. The Balaban J connectivity index is 1.34. The Morgan fingerprint density at radius 3 is 2.64 bits per heavy atom. The van der Waals surface area contributed by atoms with Crippen LogP contribution < -0.4 is 5.32 Å². The van der Waals surface area contributed by atoms with Crippen molar-refractivity contribution in [2.24, 2.45) is 0 Å². The summed E-state index contributed by atoms with van der Waals surface area (Å²) >= 11 is 0. The second-order valence-corrected chi connectivity index (χ2v) is 9.89. The molecule has 2 aromatic carbocycles. The predicted molar refractivity (Wildman–Crippen MR) is 144 cm³/mol. The molecule has 0 atom stereocenters. The number of hydrogen-bond donors (Lipinski definition) is 2. The van der Waals surface area contributed by atoms with Crippen molar-refractivity contribution < 1.29 is 4.79 Å². The molecule has 2 N–H and O–H groups in total. The van der Waals surface area contributed by atoms with Crippen LogP contribution in [0.3, 0.4) is 0 Å². The van der Waals surface area contributed by atoms with Gasteiger partial charge in [-0.05, 0) is 68.2 Å². The molecule has 0 aliphatic carbocycles. The molecule has 1 fully saturated rings. The van der Waals surface area contributed by atoms with Crippen LogP contribution in [0, 0.1) is 0 Å². The van der Waals surface area contributed by atoms with Gasteiger partial charge in [-0.2, -0.15) is 5.10 Å². The summed E-state index contributed by atoms with van der Waals surface area (Å²) in [5.41, 5.74) is 6.33. The van der Waals surface area contributed by atoms with Crippen molar-refractivity contribution in [3.05, 3.63) is 77.7 Å². The maximum absolute atomic E-state index is 13.2. The number of benzene rings is 2. The molecule has 1 aliphatic heterocycles. The summed E-state index contributed by atoms with van der Waals surface area (Å²) in [5.74, 6) is -0.227. The lowest BCUT2D eigenvalue weighted by atomic mass is 10.0. The Labute approximate surface area is 211 Å². The zero-order chi connectivity index (χ0) is 25.1. The molecule has 0 bridgehead atoms. The van der Waals surface area contributed by atoms with E-state index >= 15 is 0 Å². The highest BCUT2D eigenvalue weighted by atomic mass is 16.1. The summed E-state index contributed by atoms with van der Waals surface area (Å²) in [5, 5.41) is 11.2. The first-order valence-electron chi connectivity index (χ1n) is 12.3. The van der Waals surface area contributed by atoms with Gasteiger partial charge in [0.25, 0.3) is 5.91 Å². The van der Waals surface area contributed by atoms with Gasteiger partial charge in [-0.1, -0.05) is 18.2 Å². The van der Waals surface area contributed by atoms with Crippen molar-refractivity contribution in [1.29, 1.82) is 0 Å². The molecule has 0 spiro atoms. The van der Waals surface area contributed by atoms with E-state index in [2.05, 4.69) is 60.4 Å². The van der Waals surface area contributed by atoms with Gasteiger partial charge in [0.2, 0.25) is 0 Å². The van der Waals surface area contributed by atoms with Crippen LogP contribution in [0.15, 0.2) is 60.9 Å². The molecule has 0 radical (unpaired) electrons. The molecule has 186 valence electrons. The second kappa shape index (κ2) is 10.6. The van der Waals surface area contributed by atoms with Gasteiger partial charge in [-0.3, -0.25) is 19.8 Å². The number of aromatic amines is 1. The highest BCUT2D eigenvalue weighted by molar-refractivity contribution is 6.11. The van der Waals surface area contributed by atoms with Gasteiger partial charge in [0.05, 0.1) is 5.52 Å². The predicted octanol–water partition coefficient (Wildman–Crippen LogP) is 3.69. The van der Waals surface area contributed by atoms with Crippen molar-refractivity contribution in [3.8, 4) is 11.1 Å². The molecule has 8 nitrogen and oxygen atoms in total. The molecule has 8 heteroatoms. The topological polar surface area (TPSA) is 80.4 Å². The minimum atomic E-state index is -0.227. The third-order valence-electron chi connectivity index (χ3n) is 6.59. The summed E-state index contributed by atoms with van der Waals surface area (Å²) in [6, 6.07) is 16.2. The molecule has 0 saturated carbocycles. The lowest BCUT2D eigenvalue weighted by Gasteiger charge is -2.32. The first kappa shape index (κ1) is 24.1. The summed E-state index contributed by atoms with van der Waals surface area (Å²) < 4.78 is 0. The molecule has 2 aromatic heterocycles. The average molecular weight is 484 g/mol. The number of rotatable bonds is 7. The van der Waals surface area contributed by atoms with Crippen LogP contribution in [0.25, 0.3) is 22.0 Å². The maximum atomic E-state index is 13.2. The number of amides is 1. The number of nitrogens with one attached hydrogen (secondary N) is 2. The van der Waals surface area contributed by atoms with Crippen LogP contribution in [0.5, 0.6) is 0 Å².